The number of hydrogen-bond acceptors (Lipinski definition) is 5. The van der Waals surface area contributed by atoms with Crippen LogP contribution in [-0.2, 0) is 11.8 Å². The van der Waals surface area contributed by atoms with Crippen LogP contribution >= 0.6 is 0 Å². The molecule has 0 atom stereocenters. The highest BCUT2D eigenvalue weighted by molar-refractivity contribution is 5.95. The molecule has 5 rings (SSSR count). The number of ether oxygens (including phenoxy) is 1. The van der Waals surface area contributed by atoms with Crippen molar-refractivity contribution >= 4 is 44.9 Å². The topological polar surface area (TPSA) is 100 Å². The number of fused-ring (bicyclic) bond motifs is 2. The number of methoxy groups -OCH3 is 1. The van der Waals surface area contributed by atoms with Crippen LogP contribution in [0.25, 0.3) is 27.5 Å². The van der Waals surface area contributed by atoms with E-state index in [2.05, 4.69) is 56.0 Å². The fourth-order valence-electron chi connectivity index (χ4n) is 4.57. The number of carbonyl (C=O) groups is 1. The van der Waals surface area contributed by atoms with E-state index in [9.17, 15) is 4.79 Å². The van der Waals surface area contributed by atoms with Gasteiger partial charge in [-0.15, -0.1) is 0 Å². The summed E-state index contributed by atoms with van der Waals surface area (Å²) < 4.78 is 7.07. The summed E-state index contributed by atoms with van der Waals surface area (Å²) in [6, 6.07) is 10.3. The first-order valence-corrected chi connectivity index (χ1v) is 11.7. The third kappa shape index (κ3) is 4.72. The first-order chi connectivity index (χ1) is 16.8. The molecule has 1 aromatic carbocycles. The van der Waals surface area contributed by atoms with E-state index in [0.717, 1.165) is 45.4 Å². The minimum absolute atomic E-state index is 0.0715. The zero-order valence-electron chi connectivity index (χ0n) is 20.6. The van der Waals surface area contributed by atoms with Crippen LogP contribution in [0, 0.1) is 0 Å². The van der Waals surface area contributed by atoms with E-state index in [4.69, 9.17) is 4.74 Å². The van der Waals surface area contributed by atoms with Gasteiger partial charge in [-0.05, 0) is 56.2 Å². The minimum atomic E-state index is -0.413. The van der Waals surface area contributed by atoms with Crippen molar-refractivity contribution < 1.29 is 9.53 Å². The van der Waals surface area contributed by atoms with Crippen molar-refractivity contribution in [2.24, 2.45) is 7.05 Å². The summed E-state index contributed by atoms with van der Waals surface area (Å²) in [4.78, 5) is 22.5. The lowest BCUT2D eigenvalue weighted by molar-refractivity contribution is 0.123. The summed E-state index contributed by atoms with van der Waals surface area (Å²) >= 11 is 0. The molecule has 4 aromatic rings. The number of nitrogens with zero attached hydrogens (tertiary/aromatic N) is 4. The highest BCUT2D eigenvalue weighted by Crippen LogP contribution is 2.31. The Morgan fingerprint density at radius 3 is 2.89 bits per heavy atom. The molecular weight excluding hydrogens is 442 g/mol. The van der Waals surface area contributed by atoms with Gasteiger partial charge in [0.25, 0.3) is 0 Å². The molecule has 0 saturated heterocycles. The Morgan fingerprint density at radius 2 is 2.11 bits per heavy atom. The van der Waals surface area contributed by atoms with Crippen molar-refractivity contribution in [3.8, 4) is 0 Å². The van der Waals surface area contributed by atoms with Gasteiger partial charge in [0.2, 0.25) is 0 Å². The largest absolute Gasteiger partial charge is 0.382 e. The van der Waals surface area contributed by atoms with Gasteiger partial charge in [0.05, 0.1) is 29.5 Å². The molecule has 0 radical (unpaired) electrons. The number of amides is 2. The first-order valence-electron chi connectivity index (χ1n) is 11.7. The molecule has 3 N–H and O–H groups in total. The molecule has 1 aliphatic rings. The Kier molecular flexibility index (Phi) is 5.94. The molecular formula is C26H31N7O2. The number of benzene rings is 1. The van der Waals surface area contributed by atoms with Crippen molar-refractivity contribution in [2.75, 3.05) is 32.1 Å². The quantitative estimate of drug-likeness (QED) is 0.385. The Bertz CT molecular complexity index is 1420. The predicted octanol–water partition coefficient (Wildman–Crippen LogP) is 4.42. The standard InChI is InChI=1S/C26H31N7O2/c1-26(2,16-35-4)31-25(34)33-11-8-17(9-12-33)22-14-20-21(7-10-27-24(20)30-22)29-19-5-6-23-18(13-19)15-28-32(23)3/h5-8,10,13-15H,9,11-12,16H2,1-4H3,(H,31,34)(H2,27,29,30). The number of pyridine rings is 1. The smallest absolute Gasteiger partial charge is 0.318 e. The Balaban J connectivity index is 1.33. The number of carbonyl (C=O) groups excluding carboxylic acids is 1. The average molecular weight is 474 g/mol. The van der Waals surface area contributed by atoms with Crippen LogP contribution in [0.5, 0.6) is 0 Å². The summed E-state index contributed by atoms with van der Waals surface area (Å²) in [6.45, 7) is 5.58. The van der Waals surface area contributed by atoms with Gasteiger partial charge in [-0.1, -0.05) is 6.08 Å². The second kappa shape index (κ2) is 9.07. The first kappa shape index (κ1) is 22.9. The number of urea groups is 1. The fraction of sp³-hybridized carbons (Fsp3) is 0.346. The second-order valence-electron chi connectivity index (χ2n) is 9.64. The van der Waals surface area contributed by atoms with Gasteiger partial charge in [-0.2, -0.15) is 5.10 Å². The number of anilines is 2. The van der Waals surface area contributed by atoms with Gasteiger partial charge in [-0.25, -0.2) is 9.78 Å². The van der Waals surface area contributed by atoms with E-state index < -0.39 is 5.54 Å². The van der Waals surface area contributed by atoms with E-state index in [1.807, 2.05) is 42.7 Å². The normalized spacial score (nSPS) is 14.4. The lowest BCUT2D eigenvalue weighted by Crippen LogP contribution is -2.53. The van der Waals surface area contributed by atoms with Crippen molar-refractivity contribution in [1.82, 2.24) is 30.0 Å². The monoisotopic (exact) mass is 473 g/mol. The maximum Gasteiger partial charge on any atom is 0.318 e. The maximum atomic E-state index is 12.7. The molecule has 9 nitrogen and oxygen atoms in total. The number of nitrogens with one attached hydrogen (secondary N) is 3. The van der Waals surface area contributed by atoms with E-state index in [0.29, 0.717) is 19.7 Å². The van der Waals surface area contributed by atoms with E-state index in [1.54, 1.807) is 13.3 Å². The molecule has 2 amide bonds. The van der Waals surface area contributed by atoms with Crippen molar-refractivity contribution in [3.63, 3.8) is 0 Å². The fourth-order valence-corrected chi connectivity index (χ4v) is 4.57. The van der Waals surface area contributed by atoms with Gasteiger partial charge in [0, 0.05) is 55.6 Å². The summed E-state index contributed by atoms with van der Waals surface area (Å²) in [7, 11) is 3.58. The number of aromatic nitrogens is 4. The average Bonchev–Trinajstić information content (AvgIpc) is 3.43. The van der Waals surface area contributed by atoms with E-state index in [-0.39, 0.29) is 6.03 Å². The number of aromatic amines is 1. The van der Waals surface area contributed by atoms with Gasteiger partial charge in [-0.3, -0.25) is 4.68 Å². The van der Waals surface area contributed by atoms with Crippen LogP contribution in [0.3, 0.4) is 0 Å². The molecule has 9 heteroatoms. The van der Waals surface area contributed by atoms with E-state index >= 15 is 0 Å². The molecule has 0 saturated carbocycles. The van der Waals surface area contributed by atoms with Crippen molar-refractivity contribution in [2.45, 2.75) is 25.8 Å². The number of hydrogen-bond donors (Lipinski definition) is 3. The van der Waals surface area contributed by atoms with Crippen LogP contribution < -0.4 is 10.6 Å². The zero-order chi connectivity index (χ0) is 24.6. The number of H-pyrrole nitrogens is 1. The third-order valence-electron chi connectivity index (χ3n) is 6.35. The van der Waals surface area contributed by atoms with Crippen molar-refractivity contribution in [3.05, 3.63) is 54.5 Å². The van der Waals surface area contributed by atoms with Crippen LogP contribution in [0.15, 0.2) is 48.8 Å². The molecule has 1 aliphatic heterocycles. The van der Waals surface area contributed by atoms with Crippen LogP contribution in [0.4, 0.5) is 16.2 Å². The molecule has 182 valence electrons. The van der Waals surface area contributed by atoms with Gasteiger partial charge >= 0.3 is 6.03 Å². The van der Waals surface area contributed by atoms with Crippen LogP contribution in [-0.4, -0.2) is 63.0 Å². The molecule has 4 heterocycles. The number of aryl methyl sites for hydroxylation is 1. The Hall–Kier alpha value is -3.85. The van der Waals surface area contributed by atoms with Gasteiger partial charge in [0.15, 0.2) is 0 Å². The molecule has 0 unspecified atom stereocenters. The summed E-state index contributed by atoms with van der Waals surface area (Å²) in [6.07, 6.45) is 6.55. The number of rotatable bonds is 6. The van der Waals surface area contributed by atoms with Crippen LogP contribution in [0.1, 0.15) is 26.0 Å². The van der Waals surface area contributed by atoms with Gasteiger partial charge < -0.3 is 25.3 Å². The third-order valence-corrected chi connectivity index (χ3v) is 6.35. The molecule has 0 spiro atoms. The molecule has 3 aromatic heterocycles. The zero-order valence-corrected chi connectivity index (χ0v) is 20.6. The van der Waals surface area contributed by atoms with E-state index in [1.165, 1.54) is 5.57 Å². The summed E-state index contributed by atoms with van der Waals surface area (Å²) in [5.74, 6) is 0. The predicted molar refractivity (Wildman–Crippen MR) is 139 cm³/mol. The van der Waals surface area contributed by atoms with Crippen molar-refractivity contribution in [1.29, 1.82) is 0 Å². The molecule has 0 aliphatic carbocycles. The Morgan fingerprint density at radius 1 is 1.26 bits per heavy atom. The SMILES string of the molecule is COCC(C)(C)NC(=O)N1CC=C(c2cc3c(Nc4ccc5c(cnn5C)c4)ccnc3[nH]2)CC1. The second-order valence-corrected chi connectivity index (χ2v) is 9.64. The molecule has 0 fully saturated rings. The summed E-state index contributed by atoms with van der Waals surface area (Å²) in [5, 5.41) is 13.0. The lowest BCUT2D eigenvalue weighted by atomic mass is 10.0. The minimum Gasteiger partial charge on any atom is -0.382 e. The highest BCUT2D eigenvalue weighted by Gasteiger charge is 2.25. The molecule has 0 bridgehead atoms. The molecule has 35 heavy (non-hydrogen) atoms. The maximum absolute atomic E-state index is 12.7. The van der Waals surface area contributed by atoms with Crippen LogP contribution in [0.2, 0.25) is 0 Å². The lowest BCUT2D eigenvalue weighted by Gasteiger charge is -2.32. The Labute approximate surface area is 204 Å². The highest BCUT2D eigenvalue weighted by atomic mass is 16.5. The van der Waals surface area contributed by atoms with Gasteiger partial charge in [0.1, 0.15) is 5.65 Å². The summed E-state index contributed by atoms with van der Waals surface area (Å²) in [5.41, 5.74) is 5.71.